The van der Waals surface area contributed by atoms with Crippen LogP contribution in [0.5, 0.6) is 11.5 Å². The maximum atomic E-state index is 12.0. The fraction of sp³-hybridized carbons (Fsp3) is 0.214. The topological polar surface area (TPSA) is 104 Å². The van der Waals surface area contributed by atoms with Crippen LogP contribution in [-0.2, 0) is 9.59 Å². The zero-order valence-corrected chi connectivity index (χ0v) is 12.4. The van der Waals surface area contributed by atoms with Gasteiger partial charge in [-0.05, 0) is 42.5 Å². The van der Waals surface area contributed by atoms with Crippen LogP contribution in [0.1, 0.15) is 12.5 Å². The number of benzene rings is 1. The molecule has 2 rings (SSSR count). The second-order valence-electron chi connectivity index (χ2n) is 4.32. The van der Waals surface area contributed by atoms with Crippen molar-refractivity contribution in [2.75, 3.05) is 13.2 Å². The van der Waals surface area contributed by atoms with Gasteiger partial charge in [0.15, 0.2) is 11.5 Å². The fourth-order valence-corrected chi connectivity index (χ4v) is 2.65. The number of rotatable bonds is 5. The average molecular weight is 323 g/mol. The normalized spacial score (nSPS) is 16.4. The first-order chi connectivity index (χ1) is 10.4. The van der Waals surface area contributed by atoms with Gasteiger partial charge in [0.25, 0.3) is 11.1 Å². The molecule has 22 heavy (non-hydrogen) atoms. The number of imide groups is 1. The van der Waals surface area contributed by atoms with Crippen molar-refractivity contribution in [1.82, 2.24) is 4.90 Å². The largest absolute Gasteiger partial charge is 0.504 e. The van der Waals surface area contributed by atoms with Crippen molar-refractivity contribution < 1.29 is 29.3 Å². The number of phenolic OH excluding ortho intramolecular Hbond substituents is 1. The third-order valence-electron chi connectivity index (χ3n) is 2.75. The summed E-state index contributed by atoms with van der Waals surface area (Å²) in [4.78, 5) is 35.1. The monoisotopic (exact) mass is 323 g/mol. The van der Waals surface area contributed by atoms with Crippen LogP contribution >= 0.6 is 11.8 Å². The van der Waals surface area contributed by atoms with E-state index in [9.17, 15) is 19.5 Å². The average Bonchev–Trinajstić information content (AvgIpc) is 2.70. The molecule has 0 spiro atoms. The lowest BCUT2D eigenvalue weighted by Crippen LogP contribution is -2.33. The molecule has 1 aliphatic heterocycles. The lowest BCUT2D eigenvalue weighted by atomic mass is 10.2. The van der Waals surface area contributed by atoms with Gasteiger partial charge >= 0.3 is 5.97 Å². The minimum absolute atomic E-state index is 0.0296. The van der Waals surface area contributed by atoms with E-state index in [1.165, 1.54) is 18.2 Å². The predicted molar refractivity (Wildman–Crippen MR) is 79.6 cm³/mol. The van der Waals surface area contributed by atoms with Gasteiger partial charge in [-0.2, -0.15) is 0 Å². The van der Waals surface area contributed by atoms with Gasteiger partial charge in [-0.3, -0.25) is 19.3 Å². The standard InChI is InChI=1S/C14H13NO6S/c1-2-21-10-5-8(3-4-9(10)16)6-11-13(19)15(7-12(17)18)14(20)22-11/h3-6,16H,2,7H2,1H3,(H,17,18)/b11-6-. The van der Waals surface area contributed by atoms with Gasteiger partial charge in [-0.15, -0.1) is 0 Å². The SMILES string of the molecule is CCOc1cc(/C=C2\SC(=O)N(CC(=O)O)C2=O)ccc1O. The summed E-state index contributed by atoms with van der Waals surface area (Å²) < 4.78 is 5.24. The van der Waals surface area contributed by atoms with Crippen LogP contribution in [0, 0.1) is 0 Å². The number of carboxylic acids is 1. The Labute approximate surface area is 130 Å². The van der Waals surface area contributed by atoms with Crippen LogP contribution in [0.2, 0.25) is 0 Å². The number of carboxylic acid groups (broad SMARTS) is 1. The third kappa shape index (κ3) is 3.40. The Bertz CT molecular complexity index is 669. The Balaban J connectivity index is 2.26. The summed E-state index contributed by atoms with van der Waals surface area (Å²) in [5, 5.41) is 17.7. The maximum absolute atomic E-state index is 12.0. The summed E-state index contributed by atoms with van der Waals surface area (Å²) in [5.41, 5.74) is 0.557. The van der Waals surface area contributed by atoms with Crippen molar-refractivity contribution in [2.45, 2.75) is 6.92 Å². The molecule has 0 aromatic heterocycles. The van der Waals surface area contributed by atoms with E-state index in [0.29, 0.717) is 28.8 Å². The molecule has 0 saturated carbocycles. The summed E-state index contributed by atoms with van der Waals surface area (Å²) >= 11 is 0.674. The first-order valence-electron chi connectivity index (χ1n) is 6.35. The van der Waals surface area contributed by atoms with E-state index in [1.54, 1.807) is 13.0 Å². The molecule has 2 N–H and O–H groups in total. The maximum Gasteiger partial charge on any atom is 0.323 e. The first-order valence-corrected chi connectivity index (χ1v) is 7.17. The quantitative estimate of drug-likeness (QED) is 0.798. The Kier molecular flexibility index (Phi) is 4.71. The number of hydrogen-bond acceptors (Lipinski definition) is 6. The van der Waals surface area contributed by atoms with Gasteiger partial charge < -0.3 is 14.9 Å². The number of ether oxygens (including phenoxy) is 1. The van der Waals surface area contributed by atoms with E-state index >= 15 is 0 Å². The Morgan fingerprint density at radius 2 is 2.14 bits per heavy atom. The number of hydrogen-bond donors (Lipinski definition) is 2. The molecule has 0 atom stereocenters. The number of nitrogens with zero attached hydrogens (tertiary/aromatic N) is 1. The number of carbonyl (C=O) groups excluding carboxylic acids is 2. The molecule has 1 aromatic carbocycles. The summed E-state index contributed by atoms with van der Waals surface area (Å²) in [6.07, 6.45) is 1.45. The molecular formula is C14H13NO6S. The Morgan fingerprint density at radius 3 is 2.77 bits per heavy atom. The van der Waals surface area contributed by atoms with E-state index < -0.39 is 23.7 Å². The van der Waals surface area contributed by atoms with Crippen molar-refractivity contribution in [1.29, 1.82) is 0 Å². The van der Waals surface area contributed by atoms with Crippen molar-refractivity contribution >= 4 is 35.0 Å². The highest BCUT2D eigenvalue weighted by Gasteiger charge is 2.36. The van der Waals surface area contributed by atoms with Gasteiger partial charge in [-0.25, -0.2) is 0 Å². The number of aliphatic carboxylic acids is 1. The molecule has 1 fully saturated rings. The molecule has 0 unspecified atom stereocenters. The minimum Gasteiger partial charge on any atom is -0.504 e. The summed E-state index contributed by atoms with van der Waals surface area (Å²) in [6, 6.07) is 4.51. The summed E-state index contributed by atoms with van der Waals surface area (Å²) in [7, 11) is 0. The highest BCUT2D eigenvalue weighted by atomic mass is 32.2. The van der Waals surface area contributed by atoms with Crippen molar-refractivity contribution in [3.63, 3.8) is 0 Å². The smallest absolute Gasteiger partial charge is 0.323 e. The lowest BCUT2D eigenvalue weighted by Gasteiger charge is -2.08. The van der Waals surface area contributed by atoms with E-state index in [2.05, 4.69) is 0 Å². The van der Waals surface area contributed by atoms with Crippen LogP contribution in [0.25, 0.3) is 6.08 Å². The minimum atomic E-state index is -1.26. The molecule has 0 bridgehead atoms. The molecule has 7 nitrogen and oxygen atoms in total. The zero-order chi connectivity index (χ0) is 16.3. The van der Waals surface area contributed by atoms with E-state index in [4.69, 9.17) is 9.84 Å². The third-order valence-corrected chi connectivity index (χ3v) is 3.66. The van der Waals surface area contributed by atoms with Crippen LogP contribution in [0.4, 0.5) is 4.79 Å². The number of phenols is 1. The van der Waals surface area contributed by atoms with E-state index in [-0.39, 0.29) is 16.4 Å². The highest BCUT2D eigenvalue weighted by molar-refractivity contribution is 8.18. The second-order valence-corrected chi connectivity index (χ2v) is 5.31. The fourth-order valence-electron chi connectivity index (χ4n) is 1.81. The van der Waals surface area contributed by atoms with Crippen molar-refractivity contribution in [3.05, 3.63) is 28.7 Å². The summed E-state index contributed by atoms with van der Waals surface area (Å²) in [5.74, 6) is -1.67. The van der Waals surface area contributed by atoms with Crippen LogP contribution in [0.3, 0.4) is 0 Å². The van der Waals surface area contributed by atoms with Crippen LogP contribution in [0.15, 0.2) is 23.1 Å². The Morgan fingerprint density at radius 1 is 1.41 bits per heavy atom. The summed E-state index contributed by atoms with van der Waals surface area (Å²) in [6.45, 7) is 1.47. The van der Waals surface area contributed by atoms with Gasteiger partial charge in [0.05, 0.1) is 11.5 Å². The van der Waals surface area contributed by atoms with E-state index in [1.807, 2.05) is 0 Å². The molecule has 1 heterocycles. The van der Waals surface area contributed by atoms with Crippen molar-refractivity contribution in [2.24, 2.45) is 0 Å². The van der Waals surface area contributed by atoms with Gasteiger partial charge in [0.2, 0.25) is 0 Å². The molecule has 1 saturated heterocycles. The molecule has 8 heteroatoms. The van der Waals surface area contributed by atoms with Crippen molar-refractivity contribution in [3.8, 4) is 11.5 Å². The molecule has 0 radical (unpaired) electrons. The number of thioether (sulfide) groups is 1. The second kappa shape index (κ2) is 6.52. The zero-order valence-electron chi connectivity index (χ0n) is 11.6. The molecular weight excluding hydrogens is 310 g/mol. The number of aromatic hydroxyl groups is 1. The molecule has 116 valence electrons. The molecule has 2 amide bonds. The van der Waals surface area contributed by atoms with Gasteiger partial charge in [0.1, 0.15) is 6.54 Å². The lowest BCUT2D eigenvalue weighted by molar-refractivity contribution is -0.140. The van der Waals surface area contributed by atoms with Crippen LogP contribution < -0.4 is 4.74 Å². The van der Waals surface area contributed by atoms with Crippen LogP contribution in [-0.4, -0.2) is 45.4 Å². The number of amides is 2. The predicted octanol–water partition coefficient (Wildman–Crippen LogP) is 1.91. The Hall–Kier alpha value is -2.48. The van der Waals surface area contributed by atoms with E-state index in [0.717, 1.165) is 0 Å². The number of carbonyl (C=O) groups is 3. The van der Waals surface area contributed by atoms with Gasteiger partial charge in [0, 0.05) is 0 Å². The molecule has 1 aliphatic rings. The molecule has 0 aliphatic carbocycles. The highest BCUT2D eigenvalue weighted by Crippen LogP contribution is 2.34. The van der Waals surface area contributed by atoms with Gasteiger partial charge in [-0.1, -0.05) is 6.07 Å². The first kappa shape index (κ1) is 15.9. The molecule has 1 aromatic rings.